The lowest BCUT2D eigenvalue weighted by atomic mass is 10.00. The molecule has 4 nitrogen and oxygen atoms in total. The van der Waals surface area contributed by atoms with Gasteiger partial charge in [-0.15, -0.1) is 0 Å². The summed E-state index contributed by atoms with van der Waals surface area (Å²) >= 11 is 0. The van der Waals surface area contributed by atoms with E-state index in [4.69, 9.17) is 5.73 Å². The number of benzene rings is 1. The molecule has 1 fully saturated rings. The highest BCUT2D eigenvalue weighted by Gasteiger charge is 2.37. The molecule has 1 aromatic carbocycles. The third-order valence-electron chi connectivity index (χ3n) is 4.13. The molecule has 1 heterocycles. The van der Waals surface area contributed by atoms with Gasteiger partial charge in [-0.2, -0.15) is 4.31 Å². The van der Waals surface area contributed by atoms with Gasteiger partial charge in [0.15, 0.2) is 0 Å². The van der Waals surface area contributed by atoms with Crippen LogP contribution in [0.1, 0.15) is 38.7 Å². The maximum Gasteiger partial charge on any atom is 0.243 e. The fourth-order valence-corrected chi connectivity index (χ4v) is 4.82. The van der Waals surface area contributed by atoms with E-state index in [9.17, 15) is 8.42 Å². The first-order valence-electron chi connectivity index (χ1n) is 7.33. The summed E-state index contributed by atoms with van der Waals surface area (Å²) in [5, 5.41) is 0. The van der Waals surface area contributed by atoms with Gasteiger partial charge in [0, 0.05) is 18.6 Å². The van der Waals surface area contributed by atoms with Gasteiger partial charge >= 0.3 is 0 Å². The van der Waals surface area contributed by atoms with Crippen molar-refractivity contribution < 1.29 is 8.42 Å². The Labute approximate surface area is 122 Å². The molecule has 0 amide bonds. The summed E-state index contributed by atoms with van der Waals surface area (Å²) in [5.41, 5.74) is 6.91. The van der Waals surface area contributed by atoms with Crippen molar-refractivity contribution in [2.45, 2.75) is 56.5 Å². The van der Waals surface area contributed by atoms with Crippen LogP contribution in [-0.2, 0) is 16.4 Å². The Hall–Kier alpha value is -0.910. The van der Waals surface area contributed by atoms with Crippen LogP contribution in [0.4, 0.5) is 0 Å². The highest BCUT2D eigenvalue weighted by atomic mass is 32.2. The smallest absolute Gasteiger partial charge is 0.243 e. The number of nitrogens with two attached hydrogens (primary N) is 1. The predicted molar refractivity (Wildman–Crippen MR) is 81.0 cm³/mol. The number of sulfonamides is 1. The van der Waals surface area contributed by atoms with Gasteiger partial charge in [-0.05, 0) is 43.9 Å². The first-order chi connectivity index (χ1) is 9.50. The molecule has 2 N–H and O–H groups in total. The zero-order valence-corrected chi connectivity index (χ0v) is 13.1. The lowest BCUT2D eigenvalue weighted by Crippen LogP contribution is -2.51. The zero-order chi connectivity index (χ0) is 14.8. The zero-order valence-electron chi connectivity index (χ0n) is 12.2. The minimum Gasteiger partial charge on any atom is -0.329 e. The summed E-state index contributed by atoms with van der Waals surface area (Å²) in [4.78, 5) is 0.377. The van der Waals surface area contributed by atoms with Gasteiger partial charge in [0.1, 0.15) is 0 Å². The van der Waals surface area contributed by atoms with E-state index in [0.717, 1.165) is 31.2 Å². The van der Waals surface area contributed by atoms with Crippen LogP contribution in [0.2, 0.25) is 0 Å². The monoisotopic (exact) mass is 296 g/mol. The number of aryl methyl sites for hydroxylation is 1. The highest BCUT2D eigenvalue weighted by Crippen LogP contribution is 2.29. The topological polar surface area (TPSA) is 63.4 Å². The standard InChI is InChI=1S/C15H24N2O2S/c1-3-13-7-9-15(10-8-13)20(18,19)17-12(2)5-4-6-14(17)11-16/h7-10,12,14H,3-6,11,16H2,1-2H3. The fraction of sp³-hybridized carbons (Fsp3) is 0.600. The Balaban J connectivity index is 2.35. The van der Waals surface area contributed by atoms with Crippen LogP contribution in [-0.4, -0.2) is 31.4 Å². The molecule has 1 aliphatic rings. The fourth-order valence-electron chi connectivity index (χ4n) is 2.94. The van der Waals surface area contributed by atoms with Gasteiger partial charge < -0.3 is 5.73 Å². The van der Waals surface area contributed by atoms with E-state index < -0.39 is 10.0 Å². The van der Waals surface area contributed by atoms with Crippen molar-refractivity contribution in [3.8, 4) is 0 Å². The van der Waals surface area contributed by atoms with Crippen molar-refractivity contribution in [1.82, 2.24) is 4.31 Å². The van der Waals surface area contributed by atoms with E-state index in [-0.39, 0.29) is 12.1 Å². The Morgan fingerprint density at radius 3 is 2.45 bits per heavy atom. The molecule has 0 aliphatic carbocycles. The molecule has 2 unspecified atom stereocenters. The largest absolute Gasteiger partial charge is 0.329 e. The number of rotatable bonds is 4. The molecule has 0 spiro atoms. The molecule has 112 valence electrons. The van der Waals surface area contributed by atoms with Crippen molar-refractivity contribution in [2.24, 2.45) is 5.73 Å². The second kappa shape index (κ2) is 6.24. The number of hydrogen-bond donors (Lipinski definition) is 1. The summed E-state index contributed by atoms with van der Waals surface area (Å²) in [7, 11) is -3.44. The van der Waals surface area contributed by atoms with Gasteiger partial charge in [-0.25, -0.2) is 8.42 Å². The van der Waals surface area contributed by atoms with Gasteiger partial charge in [0.2, 0.25) is 10.0 Å². The average molecular weight is 296 g/mol. The van der Waals surface area contributed by atoms with Crippen LogP contribution in [0.25, 0.3) is 0 Å². The SMILES string of the molecule is CCc1ccc(S(=O)(=O)N2C(C)CCCC2CN)cc1. The molecular formula is C15H24N2O2S. The third-order valence-corrected chi connectivity index (χ3v) is 6.21. The molecule has 5 heteroatoms. The maximum atomic E-state index is 12.8. The molecule has 0 aromatic heterocycles. The predicted octanol–water partition coefficient (Wildman–Crippen LogP) is 2.14. The summed E-state index contributed by atoms with van der Waals surface area (Å²) in [6.45, 7) is 4.41. The normalized spacial score (nSPS) is 24.8. The van der Waals surface area contributed by atoms with Gasteiger partial charge in [-0.3, -0.25) is 0 Å². The highest BCUT2D eigenvalue weighted by molar-refractivity contribution is 7.89. The Morgan fingerprint density at radius 2 is 1.90 bits per heavy atom. The molecular weight excluding hydrogens is 272 g/mol. The van der Waals surface area contributed by atoms with E-state index in [1.807, 2.05) is 19.1 Å². The van der Waals surface area contributed by atoms with Gasteiger partial charge in [-0.1, -0.05) is 25.5 Å². The Morgan fingerprint density at radius 1 is 1.25 bits per heavy atom. The van der Waals surface area contributed by atoms with E-state index >= 15 is 0 Å². The number of nitrogens with zero attached hydrogens (tertiary/aromatic N) is 1. The van der Waals surface area contributed by atoms with Crippen LogP contribution in [0.5, 0.6) is 0 Å². The van der Waals surface area contributed by atoms with Crippen LogP contribution < -0.4 is 5.73 Å². The lowest BCUT2D eigenvalue weighted by molar-refractivity contribution is 0.196. The summed E-state index contributed by atoms with van der Waals surface area (Å²) in [6.07, 6.45) is 3.71. The minimum absolute atomic E-state index is 0.0214. The van der Waals surface area contributed by atoms with E-state index in [0.29, 0.717) is 11.4 Å². The Bertz CT molecular complexity index is 539. The van der Waals surface area contributed by atoms with Crippen LogP contribution >= 0.6 is 0 Å². The Kier molecular flexibility index (Phi) is 4.83. The molecule has 0 bridgehead atoms. The van der Waals surface area contributed by atoms with E-state index in [2.05, 4.69) is 6.92 Å². The van der Waals surface area contributed by atoms with Crippen LogP contribution in [0, 0.1) is 0 Å². The van der Waals surface area contributed by atoms with E-state index in [1.54, 1.807) is 16.4 Å². The number of hydrogen-bond acceptors (Lipinski definition) is 3. The minimum atomic E-state index is -3.44. The van der Waals surface area contributed by atoms with Crippen LogP contribution in [0.15, 0.2) is 29.2 Å². The molecule has 0 saturated carbocycles. The molecule has 20 heavy (non-hydrogen) atoms. The lowest BCUT2D eigenvalue weighted by Gasteiger charge is -2.39. The first kappa shape index (κ1) is 15.5. The second-order valence-corrected chi connectivity index (χ2v) is 7.35. The summed E-state index contributed by atoms with van der Waals surface area (Å²) < 4.78 is 27.3. The quantitative estimate of drug-likeness (QED) is 0.926. The van der Waals surface area contributed by atoms with Crippen molar-refractivity contribution in [1.29, 1.82) is 0 Å². The summed E-state index contributed by atoms with van der Waals surface area (Å²) in [6, 6.07) is 7.15. The van der Waals surface area contributed by atoms with Gasteiger partial charge in [0.25, 0.3) is 0 Å². The molecule has 0 radical (unpaired) electrons. The second-order valence-electron chi connectivity index (χ2n) is 5.50. The first-order valence-corrected chi connectivity index (χ1v) is 8.77. The average Bonchev–Trinajstić information content (AvgIpc) is 2.46. The third kappa shape index (κ3) is 2.90. The van der Waals surface area contributed by atoms with E-state index in [1.165, 1.54) is 0 Å². The number of piperidine rings is 1. The molecule has 2 atom stereocenters. The molecule has 2 rings (SSSR count). The van der Waals surface area contributed by atoms with Crippen molar-refractivity contribution in [3.63, 3.8) is 0 Å². The molecule has 1 saturated heterocycles. The van der Waals surface area contributed by atoms with Gasteiger partial charge in [0.05, 0.1) is 4.90 Å². The molecule has 1 aliphatic heterocycles. The van der Waals surface area contributed by atoms with Crippen molar-refractivity contribution >= 4 is 10.0 Å². The summed E-state index contributed by atoms with van der Waals surface area (Å²) in [5.74, 6) is 0. The molecule has 1 aromatic rings. The van der Waals surface area contributed by atoms with Crippen molar-refractivity contribution in [2.75, 3.05) is 6.54 Å². The van der Waals surface area contributed by atoms with Crippen LogP contribution in [0.3, 0.4) is 0 Å². The maximum absolute atomic E-state index is 12.8. The van der Waals surface area contributed by atoms with Crippen molar-refractivity contribution in [3.05, 3.63) is 29.8 Å².